The first kappa shape index (κ1) is 31.7. The highest BCUT2D eigenvalue weighted by Gasteiger charge is 2.55. The fraction of sp³-hybridized carbons (Fsp3) is 0.400. The van der Waals surface area contributed by atoms with E-state index in [-0.39, 0.29) is 23.7 Å². The van der Waals surface area contributed by atoms with Crippen LogP contribution in [0.5, 0.6) is 0 Å². The van der Waals surface area contributed by atoms with E-state index in [1.807, 2.05) is 31.2 Å². The molecule has 1 saturated heterocycles. The van der Waals surface area contributed by atoms with Gasteiger partial charge in [0.1, 0.15) is 11.4 Å². The summed E-state index contributed by atoms with van der Waals surface area (Å²) in [6, 6.07) is 17.9. The number of anilines is 1. The molecule has 5 rings (SSSR count). The molecule has 0 radical (unpaired) electrons. The van der Waals surface area contributed by atoms with Crippen molar-refractivity contribution < 1.29 is 18.7 Å². The number of hydrogen-bond donors (Lipinski definition) is 1. The molecule has 44 heavy (non-hydrogen) atoms. The van der Waals surface area contributed by atoms with Gasteiger partial charge in [-0.05, 0) is 93.1 Å². The van der Waals surface area contributed by atoms with E-state index >= 15 is 4.39 Å². The molecular weight excluding hydrogens is 579 g/mol. The lowest BCUT2D eigenvalue weighted by Gasteiger charge is -2.40. The largest absolute Gasteiger partial charge is 0.465 e. The van der Waals surface area contributed by atoms with Gasteiger partial charge in [0, 0.05) is 29.2 Å². The summed E-state index contributed by atoms with van der Waals surface area (Å²) in [4.78, 5) is 33.2. The maximum absolute atomic E-state index is 15.8. The molecule has 0 aliphatic carbocycles. The normalized spacial score (nSPS) is 20.4. The maximum atomic E-state index is 15.8. The molecule has 232 valence electrons. The zero-order valence-corrected chi connectivity index (χ0v) is 26.7. The first-order valence-corrected chi connectivity index (χ1v) is 15.5. The van der Waals surface area contributed by atoms with Crippen LogP contribution in [0.1, 0.15) is 67.4 Å². The van der Waals surface area contributed by atoms with Crippen LogP contribution >= 0.6 is 11.6 Å². The van der Waals surface area contributed by atoms with Gasteiger partial charge < -0.3 is 14.6 Å². The second-order valence-electron chi connectivity index (χ2n) is 12.3. The van der Waals surface area contributed by atoms with Crippen molar-refractivity contribution in [3.63, 3.8) is 0 Å². The molecule has 4 aromatic rings. The number of amides is 1. The molecule has 1 N–H and O–H groups in total. The Labute approximate surface area is 263 Å². The number of rotatable bonds is 10. The summed E-state index contributed by atoms with van der Waals surface area (Å²) in [5, 5.41) is 3.64. The van der Waals surface area contributed by atoms with Gasteiger partial charge in [-0.2, -0.15) is 0 Å². The van der Waals surface area contributed by atoms with E-state index in [1.165, 1.54) is 7.11 Å². The molecule has 1 aromatic heterocycles. The summed E-state index contributed by atoms with van der Waals surface area (Å²) in [6.07, 6.45) is 4.02. The van der Waals surface area contributed by atoms with Crippen LogP contribution in [0.3, 0.4) is 0 Å². The molecular formula is C35H40ClFN4O3. The number of nitrogens with zero attached hydrogens (tertiary/aromatic N) is 3. The lowest BCUT2D eigenvalue weighted by molar-refractivity contribution is -0.127. The minimum absolute atomic E-state index is 0.000524. The van der Waals surface area contributed by atoms with E-state index in [0.717, 1.165) is 18.4 Å². The second-order valence-corrected chi connectivity index (χ2v) is 12.8. The van der Waals surface area contributed by atoms with E-state index < -0.39 is 11.5 Å². The summed E-state index contributed by atoms with van der Waals surface area (Å²) < 4.78 is 22.7. The van der Waals surface area contributed by atoms with E-state index in [4.69, 9.17) is 16.3 Å². The number of hydrogen-bond acceptors (Lipinski definition) is 5. The monoisotopic (exact) mass is 618 g/mol. The zero-order chi connectivity index (χ0) is 31.6. The third kappa shape index (κ3) is 6.24. The second kappa shape index (κ2) is 13.1. The van der Waals surface area contributed by atoms with Crippen LogP contribution in [0.25, 0.3) is 11.0 Å². The number of fused-ring (bicyclic) bond motifs is 1. The first-order valence-electron chi connectivity index (χ1n) is 15.1. The fourth-order valence-corrected chi connectivity index (χ4v) is 6.74. The van der Waals surface area contributed by atoms with Crippen LogP contribution < -0.4 is 5.32 Å². The van der Waals surface area contributed by atoms with Gasteiger partial charge in [0.15, 0.2) is 0 Å². The van der Waals surface area contributed by atoms with Crippen molar-refractivity contribution in [1.82, 2.24) is 14.5 Å². The third-order valence-electron chi connectivity index (χ3n) is 9.06. The van der Waals surface area contributed by atoms with Gasteiger partial charge in [0.25, 0.3) is 0 Å². The molecule has 1 aliphatic heterocycles. The molecule has 1 fully saturated rings. The molecule has 3 atom stereocenters. The third-order valence-corrected chi connectivity index (χ3v) is 9.29. The lowest BCUT2D eigenvalue weighted by Crippen LogP contribution is -2.56. The quantitative estimate of drug-likeness (QED) is 0.185. The number of ether oxygens (including phenoxy) is 1. The number of methoxy groups -OCH3 is 1. The Morgan fingerprint density at radius 1 is 1.14 bits per heavy atom. The average Bonchev–Trinajstić information content (AvgIpc) is 3.53. The van der Waals surface area contributed by atoms with Gasteiger partial charge in [-0.25, -0.2) is 14.2 Å². The number of halogens is 2. The lowest BCUT2D eigenvalue weighted by atomic mass is 9.79. The molecule has 2 heterocycles. The minimum Gasteiger partial charge on any atom is -0.465 e. The van der Waals surface area contributed by atoms with Crippen molar-refractivity contribution in [3.8, 4) is 0 Å². The van der Waals surface area contributed by atoms with Crippen LogP contribution in [0.2, 0.25) is 5.02 Å². The van der Waals surface area contributed by atoms with Gasteiger partial charge in [-0.1, -0.05) is 49.7 Å². The van der Waals surface area contributed by atoms with Crippen molar-refractivity contribution in [1.29, 1.82) is 0 Å². The molecule has 0 spiro atoms. The maximum Gasteiger partial charge on any atom is 0.337 e. The number of carbonyl (C=O) groups excluding carboxylic acids is 2. The van der Waals surface area contributed by atoms with Gasteiger partial charge >= 0.3 is 5.97 Å². The molecule has 1 amide bonds. The number of esters is 1. The number of aromatic nitrogens is 2. The zero-order valence-electron chi connectivity index (χ0n) is 25.9. The Hall–Kier alpha value is -3.75. The number of aryl methyl sites for hydroxylation is 2. The van der Waals surface area contributed by atoms with E-state index in [1.54, 1.807) is 49.6 Å². The number of nitrogens with one attached hydrogen (secondary N) is 1. The van der Waals surface area contributed by atoms with Gasteiger partial charge in [0.2, 0.25) is 5.91 Å². The summed E-state index contributed by atoms with van der Waals surface area (Å²) >= 11 is 6.24. The topological polar surface area (TPSA) is 76.5 Å². The van der Waals surface area contributed by atoms with Gasteiger partial charge in [0.05, 0.1) is 30.0 Å². The van der Waals surface area contributed by atoms with Crippen LogP contribution in [0.4, 0.5) is 10.1 Å². The van der Waals surface area contributed by atoms with Crippen molar-refractivity contribution in [2.24, 2.45) is 5.92 Å². The Balaban J connectivity index is 1.50. The predicted octanol–water partition coefficient (Wildman–Crippen LogP) is 7.62. The van der Waals surface area contributed by atoms with Gasteiger partial charge in [-0.15, -0.1) is 0 Å². The smallest absolute Gasteiger partial charge is 0.337 e. The van der Waals surface area contributed by atoms with Crippen molar-refractivity contribution >= 4 is 40.2 Å². The fourth-order valence-electron chi connectivity index (χ4n) is 6.55. The van der Waals surface area contributed by atoms with Crippen LogP contribution in [0, 0.1) is 18.7 Å². The van der Waals surface area contributed by atoms with Crippen LogP contribution in [-0.2, 0) is 16.1 Å². The summed E-state index contributed by atoms with van der Waals surface area (Å²) in [5.41, 5.74) is 2.78. The number of carbonyl (C=O) groups is 2. The van der Waals surface area contributed by atoms with Crippen molar-refractivity contribution in [2.45, 2.75) is 71.0 Å². The molecule has 0 saturated carbocycles. The molecule has 0 bridgehead atoms. The molecule has 1 aliphatic rings. The first-order chi connectivity index (χ1) is 21.0. The molecule has 9 heteroatoms. The summed E-state index contributed by atoms with van der Waals surface area (Å²) in [5.74, 6) is -0.794. The van der Waals surface area contributed by atoms with Crippen molar-refractivity contribution in [2.75, 3.05) is 19.0 Å². The summed E-state index contributed by atoms with van der Waals surface area (Å²) in [6.45, 7) is 9.41. The molecule has 7 nitrogen and oxygen atoms in total. The Bertz CT molecular complexity index is 1670. The van der Waals surface area contributed by atoms with E-state index in [9.17, 15) is 9.59 Å². The Morgan fingerprint density at radius 2 is 1.91 bits per heavy atom. The van der Waals surface area contributed by atoms with Crippen molar-refractivity contribution in [3.05, 3.63) is 94.5 Å². The summed E-state index contributed by atoms with van der Waals surface area (Å²) in [7, 11) is 1.36. The Morgan fingerprint density at radius 3 is 2.64 bits per heavy atom. The number of benzene rings is 3. The minimum atomic E-state index is -1.02. The highest BCUT2D eigenvalue weighted by atomic mass is 35.5. The SMILES string of the molecule is COC(=O)c1ccc2c(c1)ncn2CC[C@H]1CC(c2cccc(C)c2F)[C@](C)(C(=O)Nc2cccc(Cl)c2)N1CCC(C)C. The number of imidazole rings is 1. The van der Waals surface area contributed by atoms with Crippen LogP contribution in [0.15, 0.2) is 67.0 Å². The van der Waals surface area contributed by atoms with E-state index in [2.05, 4.69) is 33.6 Å². The average molecular weight is 619 g/mol. The Kier molecular flexibility index (Phi) is 9.42. The predicted molar refractivity (Wildman–Crippen MR) is 173 cm³/mol. The van der Waals surface area contributed by atoms with Crippen LogP contribution in [-0.4, -0.2) is 51.6 Å². The highest BCUT2D eigenvalue weighted by molar-refractivity contribution is 6.30. The number of likely N-dealkylation sites (tertiary alicyclic amines) is 1. The van der Waals surface area contributed by atoms with Gasteiger partial charge in [-0.3, -0.25) is 9.69 Å². The molecule has 1 unspecified atom stereocenters. The highest BCUT2D eigenvalue weighted by Crippen LogP contribution is 2.48. The standard InChI is InChI=1S/C35H40ClFN4O3/c1-22(2)14-17-41-27(15-16-40-21-38-30-18-24(33(42)44-5)12-13-31(30)40)20-29(28-11-6-8-23(3)32(28)37)35(41,4)34(43)39-26-10-7-9-25(36)19-26/h6-13,18-19,21-22,27,29H,14-17,20H2,1-5H3,(H,39,43)/t27-,29?,35+/m0/s1. The molecule has 3 aromatic carbocycles. The van der Waals surface area contributed by atoms with E-state index in [0.29, 0.717) is 58.3 Å².